The molecule has 8 nitrogen and oxygen atoms in total. The van der Waals surface area contributed by atoms with Crippen LogP contribution in [0.4, 0.5) is 19.1 Å². The molecule has 2 heterocycles. The van der Waals surface area contributed by atoms with E-state index in [-0.39, 0.29) is 18.2 Å². The van der Waals surface area contributed by atoms with Gasteiger partial charge in [-0.3, -0.25) is 0 Å². The fourth-order valence-corrected chi connectivity index (χ4v) is 2.12. The van der Waals surface area contributed by atoms with Gasteiger partial charge in [-0.05, 0) is 29.2 Å². The second kappa shape index (κ2) is 6.26. The van der Waals surface area contributed by atoms with Crippen LogP contribution in [0.2, 0.25) is 0 Å². The number of benzene rings is 1. The van der Waals surface area contributed by atoms with Crippen molar-refractivity contribution in [1.82, 2.24) is 14.7 Å². The molecular weight excluding hydrogens is 345 g/mol. The zero-order chi connectivity index (χ0) is 18.0. The summed E-state index contributed by atoms with van der Waals surface area (Å²) >= 11 is 0. The lowest BCUT2D eigenvalue weighted by Gasteiger charge is -2.08. The Labute approximate surface area is 137 Å². The number of halogens is 3. The number of rotatable bonds is 5. The first-order valence-corrected chi connectivity index (χ1v) is 6.79. The van der Waals surface area contributed by atoms with E-state index < -0.39 is 11.3 Å². The minimum atomic E-state index is -4.76. The number of imidazole rings is 1. The summed E-state index contributed by atoms with van der Waals surface area (Å²) in [5, 5.41) is 14.6. The minimum absolute atomic E-state index is 0.0403. The molecule has 0 saturated carbocycles. The first-order chi connectivity index (χ1) is 11.8. The summed E-state index contributed by atoms with van der Waals surface area (Å²) < 4.78 is 46.6. The van der Waals surface area contributed by atoms with Gasteiger partial charge < -0.3 is 19.4 Å². The molecule has 0 amide bonds. The second-order valence-electron chi connectivity index (χ2n) is 4.86. The summed E-state index contributed by atoms with van der Waals surface area (Å²) in [6.45, 7) is 0.0403. The Hall–Kier alpha value is -3.37. The van der Waals surface area contributed by atoms with Crippen LogP contribution < -0.4 is 4.74 Å². The predicted octanol–water partition coefficient (Wildman–Crippen LogP) is 3.39. The number of aromatic nitrogens is 3. The lowest BCUT2D eigenvalue weighted by atomic mass is 10.1. The third kappa shape index (κ3) is 3.94. The normalized spacial score (nSPS) is 11.5. The van der Waals surface area contributed by atoms with Gasteiger partial charge >= 0.3 is 12.3 Å². The molecule has 0 N–H and O–H groups in total. The van der Waals surface area contributed by atoms with E-state index >= 15 is 0 Å². The summed E-state index contributed by atoms with van der Waals surface area (Å²) in [5.41, 5.74) is 0.876. The third-order valence-electron chi connectivity index (χ3n) is 3.13. The van der Waals surface area contributed by atoms with Gasteiger partial charge in [0.25, 0.3) is 0 Å². The van der Waals surface area contributed by atoms with Gasteiger partial charge in [0.15, 0.2) is 5.76 Å². The standard InChI is InChI=1S/C14H9F3N4O4/c15-14(16,17)24-10-3-1-9(2-4-10)12-7-11(25-19-12)8-20-6-5-18-13(20)21(22)23/h1-7H,8H2. The van der Waals surface area contributed by atoms with Gasteiger partial charge in [-0.2, -0.15) is 0 Å². The largest absolute Gasteiger partial charge is 0.573 e. The number of alkyl halides is 3. The van der Waals surface area contributed by atoms with E-state index in [0.29, 0.717) is 17.0 Å². The number of ether oxygens (including phenoxy) is 1. The fraction of sp³-hybridized carbons (Fsp3) is 0.143. The fourth-order valence-electron chi connectivity index (χ4n) is 2.12. The van der Waals surface area contributed by atoms with Crippen LogP contribution in [0, 0.1) is 10.1 Å². The topological polar surface area (TPSA) is 96.2 Å². The van der Waals surface area contributed by atoms with Gasteiger partial charge in [0, 0.05) is 11.6 Å². The molecule has 1 aromatic carbocycles. The van der Waals surface area contributed by atoms with Crippen molar-refractivity contribution in [2.24, 2.45) is 0 Å². The highest BCUT2D eigenvalue weighted by Gasteiger charge is 2.31. The molecule has 2 aromatic heterocycles. The number of nitrogens with zero attached hydrogens (tertiary/aromatic N) is 4. The molecule has 0 atom stereocenters. The van der Waals surface area contributed by atoms with Crippen LogP contribution in [0.3, 0.4) is 0 Å². The summed E-state index contributed by atoms with van der Waals surface area (Å²) in [6, 6.07) is 6.61. The SMILES string of the molecule is O=[N+]([O-])c1nccn1Cc1cc(-c2ccc(OC(F)(F)F)cc2)no1. The van der Waals surface area contributed by atoms with Crippen LogP contribution in [0.15, 0.2) is 47.2 Å². The first kappa shape index (κ1) is 16.5. The maximum absolute atomic E-state index is 12.1. The Morgan fingerprint density at radius 3 is 2.64 bits per heavy atom. The van der Waals surface area contributed by atoms with E-state index in [0.717, 1.165) is 12.1 Å². The minimum Gasteiger partial charge on any atom is -0.406 e. The molecular formula is C14H9F3N4O4. The van der Waals surface area contributed by atoms with E-state index in [1.807, 2.05) is 0 Å². The maximum Gasteiger partial charge on any atom is 0.573 e. The third-order valence-corrected chi connectivity index (χ3v) is 3.13. The smallest absolute Gasteiger partial charge is 0.406 e. The van der Waals surface area contributed by atoms with Crippen molar-refractivity contribution in [3.63, 3.8) is 0 Å². The molecule has 0 aliphatic carbocycles. The zero-order valence-corrected chi connectivity index (χ0v) is 12.3. The highest BCUT2D eigenvalue weighted by Crippen LogP contribution is 2.26. The van der Waals surface area contributed by atoms with Crippen molar-refractivity contribution in [2.45, 2.75) is 12.9 Å². The maximum atomic E-state index is 12.1. The number of nitro groups is 1. The quantitative estimate of drug-likeness (QED) is 0.515. The average molecular weight is 354 g/mol. The highest BCUT2D eigenvalue weighted by atomic mass is 19.4. The van der Waals surface area contributed by atoms with Crippen molar-refractivity contribution in [3.05, 3.63) is 58.6 Å². The van der Waals surface area contributed by atoms with Crippen molar-refractivity contribution >= 4 is 5.95 Å². The summed E-state index contributed by atoms with van der Waals surface area (Å²) in [7, 11) is 0. The number of hydrogen-bond donors (Lipinski definition) is 0. The first-order valence-electron chi connectivity index (χ1n) is 6.79. The van der Waals surface area contributed by atoms with Crippen LogP contribution in [0.5, 0.6) is 5.75 Å². The molecule has 0 radical (unpaired) electrons. The molecule has 3 rings (SSSR count). The van der Waals surface area contributed by atoms with Crippen LogP contribution in [-0.2, 0) is 6.54 Å². The van der Waals surface area contributed by atoms with E-state index in [9.17, 15) is 23.3 Å². The molecule has 0 aliphatic heterocycles. The Bertz CT molecular complexity index is 886. The van der Waals surface area contributed by atoms with Crippen LogP contribution >= 0.6 is 0 Å². The van der Waals surface area contributed by atoms with Gasteiger partial charge in [-0.1, -0.05) is 10.1 Å². The van der Waals surface area contributed by atoms with E-state index in [1.54, 1.807) is 0 Å². The molecule has 11 heteroatoms. The molecule has 3 aromatic rings. The number of hydrogen-bond acceptors (Lipinski definition) is 6. The molecule has 0 aliphatic rings. The summed E-state index contributed by atoms with van der Waals surface area (Å²) in [6.07, 6.45) is -2.06. The molecule has 0 fully saturated rings. The van der Waals surface area contributed by atoms with Crippen LogP contribution in [0.25, 0.3) is 11.3 Å². The van der Waals surface area contributed by atoms with Gasteiger partial charge in [-0.25, -0.2) is 4.57 Å². The second-order valence-corrected chi connectivity index (χ2v) is 4.86. The van der Waals surface area contributed by atoms with E-state index in [2.05, 4.69) is 14.9 Å². The molecule has 25 heavy (non-hydrogen) atoms. The highest BCUT2D eigenvalue weighted by molar-refractivity contribution is 5.59. The van der Waals surface area contributed by atoms with Gasteiger partial charge in [0.1, 0.15) is 30.4 Å². The van der Waals surface area contributed by atoms with E-state index in [1.165, 1.54) is 35.2 Å². The zero-order valence-electron chi connectivity index (χ0n) is 12.3. The molecule has 0 bridgehead atoms. The van der Waals surface area contributed by atoms with Crippen molar-refractivity contribution < 1.29 is 27.4 Å². The van der Waals surface area contributed by atoms with Crippen LogP contribution in [0.1, 0.15) is 5.76 Å². The Balaban J connectivity index is 1.75. The van der Waals surface area contributed by atoms with Crippen molar-refractivity contribution in [3.8, 4) is 17.0 Å². The Morgan fingerprint density at radius 2 is 2.00 bits per heavy atom. The monoisotopic (exact) mass is 354 g/mol. The Morgan fingerprint density at radius 1 is 1.28 bits per heavy atom. The summed E-state index contributed by atoms with van der Waals surface area (Å²) in [4.78, 5) is 13.8. The summed E-state index contributed by atoms with van der Waals surface area (Å²) in [5.74, 6) is -0.368. The molecule has 130 valence electrons. The van der Waals surface area contributed by atoms with Gasteiger partial charge in [-0.15, -0.1) is 13.2 Å². The molecule has 0 spiro atoms. The average Bonchev–Trinajstić information content (AvgIpc) is 3.16. The van der Waals surface area contributed by atoms with Crippen molar-refractivity contribution in [2.75, 3.05) is 0 Å². The van der Waals surface area contributed by atoms with Gasteiger partial charge in [0.2, 0.25) is 0 Å². The van der Waals surface area contributed by atoms with Gasteiger partial charge in [0.05, 0.1) is 0 Å². The Kier molecular flexibility index (Phi) is 4.13. The van der Waals surface area contributed by atoms with Crippen molar-refractivity contribution in [1.29, 1.82) is 0 Å². The molecule has 0 unspecified atom stereocenters. The lowest BCUT2D eigenvalue weighted by Crippen LogP contribution is -2.16. The lowest BCUT2D eigenvalue weighted by molar-refractivity contribution is -0.396. The van der Waals surface area contributed by atoms with E-state index in [4.69, 9.17) is 4.52 Å². The van der Waals surface area contributed by atoms with Crippen LogP contribution in [-0.4, -0.2) is 26.0 Å². The predicted molar refractivity (Wildman–Crippen MR) is 76.6 cm³/mol. The molecule has 0 saturated heterocycles.